The van der Waals surface area contributed by atoms with Crippen LogP contribution < -0.4 is 0 Å². The minimum atomic E-state index is -0.863. The molecule has 2 aliphatic rings. The topological polar surface area (TPSA) is 70.1 Å². The Morgan fingerprint density at radius 3 is 2.30 bits per heavy atom. The summed E-state index contributed by atoms with van der Waals surface area (Å²) >= 11 is 3.55. The standard InChI is InChI=1S/C26H31BrN2O4/c27-23-16-20(15-21(17-23)24(30)28-11-5-2-6-12-28)18-33-19-26(22-7-3-1-4-8-22)9-13-29(14-10-26)25(31)32/h1,3-4,7-8,15-17H,2,5-6,9-14,18-19H2,(H,31,32). The Labute approximate surface area is 203 Å². The lowest BCUT2D eigenvalue weighted by molar-refractivity contribution is 0.0368. The van der Waals surface area contributed by atoms with E-state index in [0.29, 0.717) is 31.9 Å². The lowest BCUT2D eigenvalue weighted by Crippen LogP contribution is -2.47. The number of hydrogen-bond donors (Lipinski definition) is 1. The molecule has 0 saturated carbocycles. The van der Waals surface area contributed by atoms with E-state index in [-0.39, 0.29) is 11.3 Å². The smallest absolute Gasteiger partial charge is 0.407 e. The van der Waals surface area contributed by atoms with Crippen molar-refractivity contribution in [1.29, 1.82) is 0 Å². The first-order valence-electron chi connectivity index (χ1n) is 11.7. The van der Waals surface area contributed by atoms with Gasteiger partial charge in [0.2, 0.25) is 0 Å². The van der Waals surface area contributed by atoms with Gasteiger partial charge in [0.05, 0.1) is 13.2 Å². The highest BCUT2D eigenvalue weighted by atomic mass is 79.9. The molecule has 1 N–H and O–H groups in total. The van der Waals surface area contributed by atoms with Crippen molar-refractivity contribution in [3.8, 4) is 0 Å². The molecule has 2 amide bonds. The molecule has 0 bridgehead atoms. The molecular formula is C26H31BrN2O4. The number of benzene rings is 2. The number of nitrogens with zero attached hydrogens (tertiary/aromatic N) is 2. The van der Waals surface area contributed by atoms with Crippen LogP contribution in [0.5, 0.6) is 0 Å². The summed E-state index contributed by atoms with van der Waals surface area (Å²) in [7, 11) is 0. The second-order valence-corrected chi connectivity index (χ2v) is 10.0. The quantitative estimate of drug-likeness (QED) is 0.567. The molecule has 7 heteroatoms. The fraction of sp³-hybridized carbons (Fsp3) is 0.462. The molecule has 0 unspecified atom stereocenters. The Balaban J connectivity index is 1.44. The van der Waals surface area contributed by atoms with Crippen LogP contribution in [-0.4, -0.2) is 59.7 Å². The number of amides is 2. The second-order valence-electron chi connectivity index (χ2n) is 9.11. The summed E-state index contributed by atoms with van der Waals surface area (Å²) in [4.78, 5) is 27.8. The number of carbonyl (C=O) groups excluding carboxylic acids is 1. The van der Waals surface area contributed by atoms with Gasteiger partial charge in [-0.2, -0.15) is 0 Å². The van der Waals surface area contributed by atoms with Crippen LogP contribution in [0.2, 0.25) is 0 Å². The zero-order valence-corrected chi connectivity index (χ0v) is 20.4. The normalized spacial score (nSPS) is 18.2. The highest BCUT2D eigenvalue weighted by Gasteiger charge is 2.37. The molecule has 0 atom stereocenters. The Bertz CT molecular complexity index is 968. The fourth-order valence-electron chi connectivity index (χ4n) is 4.94. The van der Waals surface area contributed by atoms with Crippen LogP contribution in [0.25, 0.3) is 0 Å². The van der Waals surface area contributed by atoms with E-state index in [1.165, 1.54) is 16.9 Å². The number of hydrogen-bond acceptors (Lipinski definition) is 3. The van der Waals surface area contributed by atoms with Crippen LogP contribution >= 0.6 is 15.9 Å². The van der Waals surface area contributed by atoms with Crippen LogP contribution in [0.3, 0.4) is 0 Å². The monoisotopic (exact) mass is 514 g/mol. The Morgan fingerprint density at radius 2 is 1.64 bits per heavy atom. The summed E-state index contributed by atoms with van der Waals surface area (Å²) in [5, 5.41) is 9.35. The molecule has 4 rings (SSSR count). The highest BCUT2D eigenvalue weighted by molar-refractivity contribution is 9.10. The van der Waals surface area contributed by atoms with Crippen LogP contribution in [0, 0.1) is 0 Å². The molecule has 2 saturated heterocycles. The van der Waals surface area contributed by atoms with Crippen LogP contribution in [0.1, 0.15) is 53.6 Å². The first-order valence-corrected chi connectivity index (χ1v) is 12.5. The van der Waals surface area contributed by atoms with Gasteiger partial charge in [-0.25, -0.2) is 4.79 Å². The highest BCUT2D eigenvalue weighted by Crippen LogP contribution is 2.36. The summed E-state index contributed by atoms with van der Waals surface area (Å²) in [5.41, 5.74) is 2.62. The summed E-state index contributed by atoms with van der Waals surface area (Å²) < 4.78 is 7.11. The van der Waals surface area contributed by atoms with Crippen molar-refractivity contribution < 1.29 is 19.4 Å². The van der Waals surface area contributed by atoms with Gasteiger partial charge < -0.3 is 19.6 Å². The van der Waals surface area contributed by atoms with Gasteiger partial charge in [-0.15, -0.1) is 0 Å². The molecule has 0 spiro atoms. The second kappa shape index (κ2) is 10.7. The molecule has 33 heavy (non-hydrogen) atoms. The van der Waals surface area contributed by atoms with Gasteiger partial charge in [0, 0.05) is 41.6 Å². The Kier molecular flexibility index (Phi) is 7.71. The van der Waals surface area contributed by atoms with Crippen molar-refractivity contribution >= 4 is 27.9 Å². The van der Waals surface area contributed by atoms with Gasteiger partial charge in [0.1, 0.15) is 0 Å². The maximum atomic E-state index is 13.0. The first-order chi connectivity index (χ1) is 16.0. The molecule has 0 aliphatic carbocycles. The van der Waals surface area contributed by atoms with Crippen LogP contribution in [0.15, 0.2) is 53.0 Å². The minimum Gasteiger partial charge on any atom is -0.465 e. The van der Waals surface area contributed by atoms with Gasteiger partial charge in [-0.05, 0) is 61.4 Å². The van der Waals surface area contributed by atoms with Crippen molar-refractivity contribution in [3.05, 3.63) is 69.7 Å². The maximum Gasteiger partial charge on any atom is 0.407 e. The maximum absolute atomic E-state index is 13.0. The van der Waals surface area contributed by atoms with Gasteiger partial charge in [0.25, 0.3) is 5.91 Å². The van der Waals surface area contributed by atoms with E-state index in [1.54, 1.807) is 0 Å². The molecule has 2 heterocycles. The zero-order valence-electron chi connectivity index (χ0n) is 18.8. The van der Waals surface area contributed by atoms with E-state index >= 15 is 0 Å². The molecule has 2 fully saturated rings. The molecule has 6 nitrogen and oxygen atoms in total. The van der Waals surface area contributed by atoms with Crippen molar-refractivity contribution in [2.75, 3.05) is 32.8 Å². The van der Waals surface area contributed by atoms with E-state index < -0.39 is 6.09 Å². The molecular weight excluding hydrogens is 484 g/mol. The van der Waals surface area contributed by atoms with Gasteiger partial charge >= 0.3 is 6.09 Å². The van der Waals surface area contributed by atoms with Gasteiger partial charge in [0.15, 0.2) is 0 Å². The number of rotatable bonds is 6. The number of piperidine rings is 2. The van der Waals surface area contributed by atoms with Crippen molar-refractivity contribution in [3.63, 3.8) is 0 Å². The average molecular weight is 515 g/mol. The van der Waals surface area contributed by atoms with E-state index in [4.69, 9.17) is 4.74 Å². The fourth-order valence-corrected chi connectivity index (χ4v) is 5.48. The minimum absolute atomic E-state index is 0.0825. The van der Waals surface area contributed by atoms with Gasteiger partial charge in [-0.1, -0.05) is 46.3 Å². The number of halogens is 1. The number of carboxylic acid groups (broad SMARTS) is 1. The van der Waals surface area contributed by atoms with Crippen molar-refractivity contribution in [2.24, 2.45) is 0 Å². The van der Waals surface area contributed by atoms with Crippen molar-refractivity contribution in [2.45, 2.75) is 44.1 Å². The van der Waals surface area contributed by atoms with Gasteiger partial charge in [-0.3, -0.25) is 4.79 Å². The third kappa shape index (κ3) is 5.76. The van der Waals surface area contributed by atoms with E-state index in [2.05, 4.69) is 28.1 Å². The van der Waals surface area contributed by atoms with E-state index in [9.17, 15) is 14.7 Å². The third-order valence-electron chi connectivity index (χ3n) is 6.87. The van der Waals surface area contributed by atoms with Crippen LogP contribution in [-0.2, 0) is 16.8 Å². The summed E-state index contributed by atoms with van der Waals surface area (Å²) in [5.74, 6) is 0.0825. The summed E-state index contributed by atoms with van der Waals surface area (Å²) in [6.07, 6.45) is 3.90. The third-order valence-corrected chi connectivity index (χ3v) is 7.33. The lowest BCUT2D eigenvalue weighted by Gasteiger charge is -2.41. The number of carbonyl (C=O) groups is 2. The molecule has 2 aromatic rings. The lowest BCUT2D eigenvalue weighted by atomic mass is 9.73. The summed E-state index contributed by atoms with van der Waals surface area (Å²) in [6.45, 7) is 3.55. The molecule has 176 valence electrons. The Hall–Kier alpha value is -2.38. The molecule has 2 aromatic carbocycles. The molecule has 0 radical (unpaired) electrons. The van der Waals surface area contributed by atoms with Crippen molar-refractivity contribution in [1.82, 2.24) is 9.80 Å². The average Bonchev–Trinajstić information content (AvgIpc) is 2.84. The zero-order chi connectivity index (χ0) is 23.3. The van der Waals surface area contributed by atoms with Crippen LogP contribution in [0.4, 0.5) is 4.79 Å². The van der Waals surface area contributed by atoms with E-state index in [1.807, 2.05) is 41.3 Å². The number of likely N-dealkylation sites (tertiary alicyclic amines) is 2. The predicted molar refractivity (Wildman–Crippen MR) is 131 cm³/mol. The molecule has 0 aromatic heterocycles. The SMILES string of the molecule is O=C(O)N1CCC(COCc2cc(Br)cc(C(=O)N3CCCCC3)c2)(c2ccccc2)CC1. The Morgan fingerprint density at radius 1 is 0.939 bits per heavy atom. The first kappa shape index (κ1) is 23.8. The largest absolute Gasteiger partial charge is 0.465 e. The molecule has 2 aliphatic heterocycles. The summed E-state index contributed by atoms with van der Waals surface area (Å²) in [6, 6.07) is 16.1. The predicted octanol–water partition coefficient (Wildman–Crippen LogP) is 5.30. The van der Waals surface area contributed by atoms with E-state index in [0.717, 1.165) is 48.8 Å². The number of ether oxygens (including phenoxy) is 1.